The number of benzene rings is 2. The Hall–Kier alpha value is -4.31. The van der Waals surface area contributed by atoms with Crippen LogP contribution in [0.15, 0.2) is 82.0 Å². The smallest absolute Gasteiger partial charge is 0.337 e. The van der Waals surface area contributed by atoms with E-state index in [0.717, 1.165) is 11.3 Å². The SMILES string of the molecule is O=C(O)c1ccccc1N/N=C1/C(=O)N(c2nc(-c3ccccc3)cs2)N=C1C1=CCCO1. The first-order chi connectivity index (χ1) is 16.1. The van der Waals surface area contributed by atoms with Crippen molar-refractivity contribution in [1.82, 2.24) is 4.98 Å². The number of aromatic nitrogens is 1. The van der Waals surface area contributed by atoms with E-state index in [1.54, 1.807) is 18.2 Å². The molecule has 0 spiro atoms. The number of amides is 1. The number of thiazole rings is 1. The van der Waals surface area contributed by atoms with E-state index in [4.69, 9.17) is 4.74 Å². The number of hydrogen-bond donors (Lipinski definition) is 2. The molecule has 3 heterocycles. The number of nitrogens with one attached hydrogen (secondary N) is 1. The number of anilines is 2. The Morgan fingerprint density at radius 3 is 2.70 bits per heavy atom. The number of hydrogen-bond acceptors (Lipinski definition) is 8. The maximum atomic E-state index is 13.3. The lowest BCUT2D eigenvalue weighted by Crippen LogP contribution is -2.29. The van der Waals surface area contributed by atoms with E-state index < -0.39 is 11.9 Å². The highest BCUT2D eigenvalue weighted by Crippen LogP contribution is 2.31. The molecule has 0 bridgehead atoms. The zero-order chi connectivity index (χ0) is 22.8. The Kier molecular flexibility index (Phi) is 5.41. The predicted molar refractivity (Wildman–Crippen MR) is 126 cm³/mol. The highest BCUT2D eigenvalue weighted by atomic mass is 32.1. The normalized spacial score (nSPS) is 16.5. The summed E-state index contributed by atoms with van der Waals surface area (Å²) in [6, 6.07) is 15.9. The van der Waals surface area contributed by atoms with Gasteiger partial charge in [-0.2, -0.15) is 15.2 Å². The van der Waals surface area contributed by atoms with Crippen LogP contribution in [0.2, 0.25) is 0 Å². The second-order valence-corrected chi connectivity index (χ2v) is 7.91. The zero-order valence-corrected chi connectivity index (χ0v) is 18.0. The van der Waals surface area contributed by atoms with E-state index in [1.165, 1.54) is 22.4 Å². The summed E-state index contributed by atoms with van der Waals surface area (Å²) in [7, 11) is 0. The van der Waals surface area contributed by atoms with Crippen LogP contribution in [-0.2, 0) is 9.53 Å². The largest absolute Gasteiger partial charge is 0.491 e. The van der Waals surface area contributed by atoms with Gasteiger partial charge in [-0.3, -0.25) is 10.2 Å². The number of hydrazone groups is 2. The average Bonchev–Trinajstić information content (AvgIpc) is 3.59. The first-order valence-electron chi connectivity index (χ1n) is 10.1. The molecular formula is C23H17N5O4S. The molecule has 0 radical (unpaired) electrons. The van der Waals surface area contributed by atoms with Crippen molar-refractivity contribution < 1.29 is 19.4 Å². The van der Waals surface area contributed by atoms with E-state index in [0.29, 0.717) is 23.9 Å². The number of carboxylic acids is 1. The molecule has 1 aromatic heterocycles. The van der Waals surface area contributed by atoms with Crippen LogP contribution < -0.4 is 10.4 Å². The molecule has 2 aliphatic heterocycles. The van der Waals surface area contributed by atoms with Crippen LogP contribution >= 0.6 is 11.3 Å². The molecule has 0 aliphatic carbocycles. The fourth-order valence-corrected chi connectivity index (χ4v) is 4.14. The quantitative estimate of drug-likeness (QED) is 0.539. The van der Waals surface area contributed by atoms with Gasteiger partial charge in [0.05, 0.1) is 23.6 Å². The molecule has 10 heteroatoms. The molecule has 2 aliphatic rings. The van der Waals surface area contributed by atoms with Gasteiger partial charge in [0, 0.05) is 17.4 Å². The number of nitrogens with zero attached hydrogens (tertiary/aromatic N) is 4. The number of carbonyl (C=O) groups excluding carboxylic acids is 1. The van der Waals surface area contributed by atoms with Gasteiger partial charge in [0.2, 0.25) is 5.13 Å². The summed E-state index contributed by atoms with van der Waals surface area (Å²) in [5.74, 6) is -1.14. The first-order valence-corrected chi connectivity index (χ1v) is 10.9. The van der Waals surface area contributed by atoms with Crippen LogP contribution in [0.3, 0.4) is 0 Å². The summed E-state index contributed by atoms with van der Waals surface area (Å²) in [4.78, 5) is 29.3. The van der Waals surface area contributed by atoms with Crippen molar-refractivity contribution in [1.29, 1.82) is 0 Å². The third-order valence-corrected chi connectivity index (χ3v) is 5.76. The molecule has 1 amide bonds. The highest BCUT2D eigenvalue weighted by molar-refractivity contribution is 7.14. The Bertz CT molecular complexity index is 1330. The van der Waals surface area contributed by atoms with E-state index in [2.05, 4.69) is 20.6 Å². The van der Waals surface area contributed by atoms with E-state index in [-0.39, 0.29) is 22.7 Å². The van der Waals surface area contributed by atoms with Crippen molar-refractivity contribution in [3.05, 3.63) is 77.4 Å². The zero-order valence-electron chi connectivity index (χ0n) is 17.1. The maximum absolute atomic E-state index is 13.3. The van der Waals surface area contributed by atoms with Gasteiger partial charge in [-0.1, -0.05) is 42.5 Å². The standard InChI is InChI=1S/C23H17N5O4S/c29-21-20(26-25-16-10-5-4-9-15(16)22(30)31)19(18-11-6-12-32-18)27-28(21)23-24-17(13-33-23)14-7-2-1-3-8-14/h1-5,7-11,13,25H,6,12H2,(H,30,31)/b26-20+. The van der Waals surface area contributed by atoms with Crippen LogP contribution in [0.4, 0.5) is 10.8 Å². The summed E-state index contributed by atoms with van der Waals surface area (Å²) in [6.07, 6.45) is 2.54. The molecule has 5 rings (SSSR count). The van der Waals surface area contributed by atoms with Crippen LogP contribution in [-0.4, -0.2) is 40.0 Å². The van der Waals surface area contributed by atoms with Gasteiger partial charge in [0.1, 0.15) is 5.76 Å². The molecule has 0 atom stereocenters. The molecule has 9 nitrogen and oxygen atoms in total. The van der Waals surface area contributed by atoms with Gasteiger partial charge >= 0.3 is 11.9 Å². The monoisotopic (exact) mass is 459 g/mol. The van der Waals surface area contributed by atoms with Crippen LogP contribution in [0.5, 0.6) is 0 Å². The fourth-order valence-electron chi connectivity index (χ4n) is 3.36. The van der Waals surface area contributed by atoms with Crippen molar-refractivity contribution in [2.45, 2.75) is 6.42 Å². The van der Waals surface area contributed by atoms with Gasteiger partial charge in [-0.15, -0.1) is 11.3 Å². The minimum absolute atomic E-state index is 0.0137. The predicted octanol–water partition coefficient (Wildman–Crippen LogP) is 3.98. The lowest BCUT2D eigenvalue weighted by molar-refractivity contribution is -0.112. The maximum Gasteiger partial charge on any atom is 0.337 e. The van der Waals surface area contributed by atoms with Crippen molar-refractivity contribution in [2.75, 3.05) is 17.0 Å². The Balaban J connectivity index is 1.49. The number of para-hydroxylation sites is 1. The summed E-state index contributed by atoms with van der Waals surface area (Å²) >= 11 is 1.29. The number of allylic oxidation sites excluding steroid dienone is 1. The Morgan fingerprint density at radius 2 is 1.94 bits per heavy atom. The summed E-state index contributed by atoms with van der Waals surface area (Å²) in [5, 5.41) is 21.5. The third kappa shape index (κ3) is 3.99. The molecule has 0 fully saturated rings. The average molecular weight is 459 g/mol. The second-order valence-electron chi connectivity index (χ2n) is 7.08. The molecular weight excluding hydrogens is 442 g/mol. The summed E-state index contributed by atoms with van der Waals surface area (Å²) < 4.78 is 5.62. The minimum Gasteiger partial charge on any atom is -0.491 e. The number of carbonyl (C=O) groups is 2. The number of aromatic carboxylic acids is 1. The molecule has 0 saturated carbocycles. The molecule has 33 heavy (non-hydrogen) atoms. The van der Waals surface area contributed by atoms with Gasteiger partial charge in [0.25, 0.3) is 0 Å². The lowest BCUT2D eigenvalue weighted by Gasteiger charge is -2.07. The summed E-state index contributed by atoms with van der Waals surface area (Å²) in [6.45, 7) is 0.487. The molecule has 0 unspecified atom stereocenters. The number of rotatable bonds is 6. The summed E-state index contributed by atoms with van der Waals surface area (Å²) in [5.41, 5.74) is 4.94. The molecule has 164 valence electrons. The first kappa shape index (κ1) is 20.6. The van der Waals surface area contributed by atoms with Crippen LogP contribution in [0.25, 0.3) is 11.3 Å². The number of carboxylic acid groups (broad SMARTS) is 1. The fraction of sp³-hybridized carbons (Fsp3) is 0.0870. The molecule has 3 aromatic rings. The van der Waals surface area contributed by atoms with Gasteiger partial charge < -0.3 is 9.84 Å². The van der Waals surface area contributed by atoms with Crippen LogP contribution in [0.1, 0.15) is 16.8 Å². The van der Waals surface area contributed by atoms with E-state index in [1.807, 2.05) is 41.8 Å². The topological polar surface area (TPSA) is 116 Å². The molecule has 0 saturated heterocycles. The second kappa shape index (κ2) is 8.67. The van der Waals surface area contributed by atoms with Gasteiger partial charge in [-0.25, -0.2) is 9.78 Å². The van der Waals surface area contributed by atoms with Gasteiger partial charge in [0.15, 0.2) is 11.4 Å². The minimum atomic E-state index is -1.11. The Labute approximate surface area is 192 Å². The van der Waals surface area contributed by atoms with Crippen molar-refractivity contribution in [3.63, 3.8) is 0 Å². The van der Waals surface area contributed by atoms with Gasteiger partial charge in [-0.05, 0) is 18.2 Å². The molecule has 2 aromatic carbocycles. The number of ether oxygens (including phenoxy) is 1. The van der Waals surface area contributed by atoms with Crippen LogP contribution in [0, 0.1) is 0 Å². The lowest BCUT2D eigenvalue weighted by atomic mass is 10.2. The third-order valence-electron chi connectivity index (χ3n) is 4.95. The van der Waals surface area contributed by atoms with Crippen molar-refractivity contribution in [3.8, 4) is 11.3 Å². The highest BCUT2D eigenvalue weighted by Gasteiger charge is 2.38. The van der Waals surface area contributed by atoms with E-state index in [9.17, 15) is 14.7 Å². The molecule has 2 N–H and O–H groups in total. The Morgan fingerprint density at radius 1 is 1.15 bits per heavy atom. The van der Waals surface area contributed by atoms with Crippen molar-refractivity contribution in [2.24, 2.45) is 10.2 Å². The van der Waals surface area contributed by atoms with E-state index >= 15 is 0 Å². The van der Waals surface area contributed by atoms with Crippen molar-refractivity contribution >= 4 is 45.5 Å².